The van der Waals surface area contributed by atoms with Crippen molar-refractivity contribution in [2.75, 3.05) is 13.2 Å². The van der Waals surface area contributed by atoms with Gasteiger partial charge in [0.05, 0.1) is 6.61 Å². The van der Waals surface area contributed by atoms with Crippen LogP contribution in [0.5, 0.6) is 0 Å². The molecule has 1 aliphatic carbocycles. The van der Waals surface area contributed by atoms with E-state index in [1.165, 1.54) is 6.42 Å². The zero-order valence-corrected chi connectivity index (χ0v) is 32.2. The number of aliphatic hydroxyl groups excluding tert-OH is 5. The Morgan fingerprint density at radius 2 is 1.08 bits per heavy atom. The summed E-state index contributed by atoms with van der Waals surface area (Å²) in [4.78, 5) is 35.4. The van der Waals surface area contributed by atoms with E-state index in [0.29, 0.717) is 12.8 Å². The van der Waals surface area contributed by atoms with Crippen LogP contribution in [-0.2, 0) is 32.7 Å². The van der Waals surface area contributed by atoms with Gasteiger partial charge < -0.3 is 39.9 Å². The number of phosphoric acid groups is 1. The third-order valence-corrected chi connectivity index (χ3v) is 9.14. The van der Waals surface area contributed by atoms with Gasteiger partial charge in [-0.15, -0.1) is 0 Å². The van der Waals surface area contributed by atoms with Gasteiger partial charge in [-0.25, -0.2) is 4.57 Å². The van der Waals surface area contributed by atoms with Crippen molar-refractivity contribution in [3.05, 3.63) is 72.9 Å². The first-order valence-electron chi connectivity index (χ1n) is 18.8. The monoisotopic (exact) mass is 770 g/mol. The molecule has 1 aliphatic rings. The summed E-state index contributed by atoms with van der Waals surface area (Å²) < 4.78 is 33.2. The zero-order valence-electron chi connectivity index (χ0n) is 31.3. The van der Waals surface area contributed by atoms with Crippen LogP contribution in [0.2, 0.25) is 0 Å². The van der Waals surface area contributed by atoms with Crippen LogP contribution in [0.15, 0.2) is 72.9 Å². The average Bonchev–Trinajstić information content (AvgIpc) is 3.13. The second-order valence-corrected chi connectivity index (χ2v) is 14.2. The molecular formula is C39H63O13P. The molecule has 53 heavy (non-hydrogen) atoms. The first-order chi connectivity index (χ1) is 25.4. The molecule has 1 saturated carbocycles. The third-order valence-electron chi connectivity index (χ3n) is 8.15. The Labute approximate surface area is 315 Å². The lowest BCUT2D eigenvalue weighted by atomic mass is 9.85. The lowest BCUT2D eigenvalue weighted by Crippen LogP contribution is -2.64. The maximum absolute atomic E-state index is 12.7. The number of aliphatic hydroxyl groups is 5. The van der Waals surface area contributed by atoms with Crippen molar-refractivity contribution >= 4 is 19.8 Å². The van der Waals surface area contributed by atoms with Crippen molar-refractivity contribution in [3.8, 4) is 0 Å². The fraction of sp³-hybridized carbons (Fsp3) is 0.641. The minimum atomic E-state index is -5.13. The van der Waals surface area contributed by atoms with Crippen molar-refractivity contribution in [1.82, 2.24) is 0 Å². The van der Waals surface area contributed by atoms with E-state index in [1.807, 2.05) is 54.7 Å². The molecule has 0 saturated heterocycles. The normalized spacial score (nSPS) is 24.3. The number of esters is 2. The summed E-state index contributed by atoms with van der Waals surface area (Å²) in [6, 6.07) is 0. The summed E-state index contributed by atoms with van der Waals surface area (Å²) in [7, 11) is -5.13. The standard InChI is InChI=1S/C39H63O13P/c1-3-5-7-9-11-13-15-16-18-20-22-24-26-28-33(41)51-31(29-49-32(40)27-25-23-21-19-17-14-12-10-8-6-4-2)30-50-53(47,48)52-39-37(45)35(43)34(42)36(44)38(39)46/h5,7,9-18,31,34-39,42-46H,3-4,6,8,19-30H2,1-2H3,(H,47,48)/b7-5+,11-9+,12-10+,15-13+,17-14+,18-16+/t31?,34?,35-,36?,37?,38?,39?/m1/s1. The van der Waals surface area contributed by atoms with Crippen LogP contribution in [0.1, 0.15) is 104 Å². The van der Waals surface area contributed by atoms with E-state index in [-0.39, 0.29) is 12.8 Å². The second kappa shape index (κ2) is 29.6. The van der Waals surface area contributed by atoms with Crippen LogP contribution in [0, 0.1) is 0 Å². The molecule has 0 aromatic carbocycles. The molecule has 6 N–H and O–H groups in total. The molecule has 1 rings (SSSR count). The van der Waals surface area contributed by atoms with E-state index in [4.69, 9.17) is 18.5 Å². The van der Waals surface area contributed by atoms with Gasteiger partial charge in [0.2, 0.25) is 0 Å². The smallest absolute Gasteiger partial charge is 0.462 e. The Hall–Kier alpha value is -2.71. The molecule has 14 heteroatoms. The predicted molar refractivity (Wildman–Crippen MR) is 202 cm³/mol. The molecule has 0 aromatic heterocycles. The van der Waals surface area contributed by atoms with E-state index in [9.17, 15) is 44.6 Å². The highest BCUT2D eigenvalue weighted by Crippen LogP contribution is 2.47. The van der Waals surface area contributed by atoms with Crippen LogP contribution >= 0.6 is 7.82 Å². The first kappa shape index (κ1) is 48.3. The van der Waals surface area contributed by atoms with Crippen molar-refractivity contribution in [1.29, 1.82) is 0 Å². The van der Waals surface area contributed by atoms with Gasteiger partial charge in [0, 0.05) is 12.8 Å². The number of phosphoric ester groups is 1. The largest absolute Gasteiger partial charge is 0.472 e. The maximum atomic E-state index is 12.7. The number of hydrogen-bond donors (Lipinski definition) is 6. The fourth-order valence-electron chi connectivity index (χ4n) is 5.04. The zero-order chi connectivity index (χ0) is 39.3. The summed E-state index contributed by atoms with van der Waals surface area (Å²) >= 11 is 0. The fourth-order valence-corrected chi connectivity index (χ4v) is 6.01. The summed E-state index contributed by atoms with van der Waals surface area (Å²) in [6.07, 6.45) is 21.4. The first-order valence-corrected chi connectivity index (χ1v) is 20.3. The Balaban J connectivity index is 2.62. The SMILES string of the molecule is CC/C=C/C=C/C=C/C=C/CCCCCC(=O)OC(COC(=O)CCCCC/C=C/C=C/CCCC)COP(=O)(O)OC1C(O)C(O)C(O)[C@@H](O)C1O. The Bertz CT molecular complexity index is 1210. The Kier molecular flexibility index (Phi) is 27.0. The summed E-state index contributed by atoms with van der Waals surface area (Å²) in [5, 5.41) is 49.9. The highest BCUT2D eigenvalue weighted by Gasteiger charge is 2.51. The van der Waals surface area contributed by atoms with Gasteiger partial charge in [0.15, 0.2) is 6.10 Å². The lowest BCUT2D eigenvalue weighted by molar-refractivity contribution is -0.220. The molecule has 0 aliphatic heterocycles. The highest BCUT2D eigenvalue weighted by atomic mass is 31.2. The van der Waals surface area contributed by atoms with Crippen LogP contribution in [0.3, 0.4) is 0 Å². The van der Waals surface area contributed by atoms with Crippen molar-refractivity contribution in [2.24, 2.45) is 0 Å². The number of hydrogen-bond acceptors (Lipinski definition) is 12. The number of carbonyl (C=O) groups excluding carboxylic acids is 2. The molecule has 1 fully saturated rings. The molecule has 0 aromatic rings. The number of ether oxygens (including phenoxy) is 2. The lowest BCUT2D eigenvalue weighted by Gasteiger charge is -2.41. The maximum Gasteiger partial charge on any atom is 0.472 e. The number of unbranched alkanes of at least 4 members (excludes halogenated alkanes) is 8. The van der Waals surface area contributed by atoms with Crippen molar-refractivity contribution < 1.29 is 63.1 Å². The van der Waals surface area contributed by atoms with Gasteiger partial charge in [0.25, 0.3) is 0 Å². The molecule has 0 spiro atoms. The van der Waals surface area contributed by atoms with E-state index in [0.717, 1.165) is 57.8 Å². The Morgan fingerprint density at radius 1 is 0.604 bits per heavy atom. The topological polar surface area (TPSA) is 210 Å². The van der Waals surface area contributed by atoms with Crippen molar-refractivity contribution in [3.63, 3.8) is 0 Å². The van der Waals surface area contributed by atoms with E-state index >= 15 is 0 Å². The highest BCUT2D eigenvalue weighted by molar-refractivity contribution is 7.47. The number of rotatable bonds is 28. The molecule has 0 bridgehead atoms. The predicted octanol–water partition coefficient (Wildman–Crippen LogP) is 5.60. The van der Waals surface area contributed by atoms with Crippen molar-refractivity contribution in [2.45, 2.75) is 146 Å². The van der Waals surface area contributed by atoms with E-state index in [1.54, 1.807) is 0 Å². The molecule has 302 valence electrons. The Morgan fingerprint density at radius 3 is 1.62 bits per heavy atom. The molecule has 0 radical (unpaired) electrons. The van der Waals surface area contributed by atoms with Gasteiger partial charge in [-0.2, -0.15) is 0 Å². The molecule has 8 atom stereocenters. The van der Waals surface area contributed by atoms with Crippen LogP contribution in [-0.4, -0.2) is 98.3 Å². The molecule has 7 unspecified atom stereocenters. The number of carbonyl (C=O) groups is 2. The molecular weight excluding hydrogens is 707 g/mol. The quantitative estimate of drug-likeness (QED) is 0.0248. The minimum Gasteiger partial charge on any atom is -0.462 e. The summed E-state index contributed by atoms with van der Waals surface area (Å²) in [5.74, 6) is -1.19. The molecule has 0 amide bonds. The minimum absolute atomic E-state index is 0.0406. The molecule has 0 heterocycles. The average molecular weight is 771 g/mol. The van der Waals surface area contributed by atoms with Crippen LogP contribution in [0.25, 0.3) is 0 Å². The summed E-state index contributed by atoms with van der Waals surface area (Å²) in [6.45, 7) is 2.98. The van der Waals surface area contributed by atoms with Crippen LogP contribution < -0.4 is 0 Å². The van der Waals surface area contributed by atoms with E-state index < -0.39 is 75.7 Å². The number of allylic oxidation sites excluding steroid dienone is 12. The van der Waals surface area contributed by atoms with Gasteiger partial charge in [-0.1, -0.05) is 112 Å². The second-order valence-electron chi connectivity index (χ2n) is 12.8. The van der Waals surface area contributed by atoms with Crippen LogP contribution in [0.4, 0.5) is 0 Å². The van der Waals surface area contributed by atoms with Gasteiger partial charge in [-0.05, 0) is 51.4 Å². The van der Waals surface area contributed by atoms with Gasteiger partial charge >= 0.3 is 19.8 Å². The summed E-state index contributed by atoms with van der Waals surface area (Å²) in [5.41, 5.74) is 0. The third kappa shape index (κ3) is 23.0. The van der Waals surface area contributed by atoms with Gasteiger partial charge in [-0.3, -0.25) is 18.6 Å². The van der Waals surface area contributed by atoms with Gasteiger partial charge in [0.1, 0.15) is 43.2 Å². The molecule has 13 nitrogen and oxygen atoms in total. The van der Waals surface area contributed by atoms with E-state index in [2.05, 4.69) is 32.1 Å².